The van der Waals surface area contributed by atoms with Gasteiger partial charge in [-0.1, -0.05) is 18.2 Å². The molecular weight excluding hydrogens is 346 g/mol. The molecule has 3 N–H and O–H groups in total. The number of hydrogen-bond acceptors (Lipinski definition) is 4. The van der Waals surface area contributed by atoms with E-state index in [1.165, 1.54) is 12.4 Å². The second kappa shape index (κ2) is 7.72. The third-order valence-corrected chi connectivity index (χ3v) is 3.57. The maximum atomic E-state index is 12.3. The van der Waals surface area contributed by atoms with Crippen molar-refractivity contribution in [3.63, 3.8) is 0 Å². The highest BCUT2D eigenvalue weighted by molar-refractivity contribution is 6.04. The highest BCUT2D eigenvalue weighted by atomic mass is 19.3. The van der Waals surface area contributed by atoms with Crippen LogP contribution in [0.5, 0.6) is 0 Å². The molecule has 2 heterocycles. The second-order valence-corrected chi connectivity index (χ2v) is 5.51. The lowest BCUT2D eigenvalue weighted by Crippen LogP contribution is -2.28. The van der Waals surface area contributed by atoms with Crippen molar-refractivity contribution < 1.29 is 18.4 Å². The molecule has 2 aromatic heterocycles. The molecule has 3 aromatic rings. The summed E-state index contributed by atoms with van der Waals surface area (Å²) in [7, 11) is 0. The summed E-state index contributed by atoms with van der Waals surface area (Å²) in [6.07, 6.45) is 0.105. The third-order valence-electron chi connectivity index (χ3n) is 3.57. The van der Waals surface area contributed by atoms with Gasteiger partial charge in [-0.05, 0) is 6.07 Å². The Morgan fingerprint density at radius 3 is 2.88 bits per heavy atom. The van der Waals surface area contributed by atoms with E-state index in [9.17, 15) is 18.4 Å². The molecule has 0 aliphatic heterocycles. The Hall–Kier alpha value is -3.30. The van der Waals surface area contributed by atoms with Crippen LogP contribution in [0.2, 0.25) is 0 Å². The molecule has 0 saturated heterocycles. The number of rotatable bonds is 7. The first kappa shape index (κ1) is 17.5. The van der Waals surface area contributed by atoms with Gasteiger partial charge in [-0.2, -0.15) is 10.2 Å². The lowest BCUT2D eigenvalue weighted by Gasteiger charge is -2.04. The molecule has 0 aliphatic rings. The van der Waals surface area contributed by atoms with E-state index in [0.29, 0.717) is 11.1 Å². The van der Waals surface area contributed by atoms with Crippen molar-refractivity contribution in [1.29, 1.82) is 0 Å². The summed E-state index contributed by atoms with van der Waals surface area (Å²) in [5, 5.41) is 16.3. The average molecular weight is 362 g/mol. The topological polar surface area (TPSA) is 105 Å². The van der Waals surface area contributed by atoms with Crippen LogP contribution in [0.3, 0.4) is 0 Å². The first-order valence-electron chi connectivity index (χ1n) is 7.84. The molecule has 0 aliphatic carbocycles. The number of fused-ring (bicyclic) bond motifs is 1. The van der Waals surface area contributed by atoms with Crippen LogP contribution in [0.4, 0.5) is 14.5 Å². The molecule has 0 atom stereocenters. The zero-order valence-electron chi connectivity index (χ0n) is 13.6. The number of carbonyl (C=O) groups excluding carboxylic acids is 2. The minimum absolute atomic E-state index is 0.0219. The molecule has 0 radical (unpaired) electrons. The van der Waals surface area contributed by atoms with Crippen molar-refractivity contribution in [3.05, 3.63) is 42.4 Å². The number of aromatic nitrogens is 4. The summed E-state index contributed by atoms with van der Waals surface area (Å²) >= 11 is 0. The number of alkyl halides is 2. The molecule has 2 amide bonds. The number of halogens is 2. The van der Waals surface area contributed by atoms with Crippen LogP contribution in [0, 0.1) is 0 Å². The van der Waals surface area contributed by atoms with Crippen molar-refractivity contribution in [2.24, 2.45) is 0 Å². The van der Waals surface area contributed by atoms with E-state index in [1.54, 1.807) is 18.2 Å². The summed E-state index contributed by atoms with van der Waals surface area (Å²) in [4.78, 5) is 24.0. The average Bonchev–Trinajstić information content (AvgIpc) is 3.21. The lowest BCUT2D eigenvalue weighted by molar-refractivity contribution is -0.116. The molecule has 136 valence electrons. The summed E-state index contributed by atoms with van der Waals surface area (Å²) in [6, 6.07) is 7.21. The fourth-order valence-electron chi connectivity index (χ4n) is 2.40. The van der Waals surface area contributed by atoms with Crippen LogP contribution >= 0.6 is 0 Å². The van der Waals surface area contributed by atoms with Gasteiger partial charge in [0.15, 0.2) is 5.69 Å². The first-order valence-corrected chi connectivity index (χ1v) is 7.84. The Bertz CT molecular complexity index is 920. The van der Waals surface area contributed by atoms with E-state index in [2.05, 4.69) is 25.9 Å². The minimum Gasteiger partial charge on any atom is -0.350 e. The Balaban J connectivity index is 1.47. The quantitative estimate of drug-likeness (QED) is 0.596. The van der Waals surface area contributed by atoms with E-state index < -0.39 is 13.0 Å². The highest BCUT2D eigenvalue weighted by Gasteiger charge is 2.14. The van der Waals surface area contributed by atoms with Crippen LogP contribution in [0.25, 0.3) is 10.9 Å². The van der Waals surface area contributed by atoms with Gasteiger partial charge < -0.3 is 10.6 Å². The number of amides is 2. The first-order chi connectivity index (χ1) is 12.5. The van der Waals surface area contributed by atoms with E-state index in [1.807, 2.05) is 6.07 Å². The molecule has 10 heteroatoms. The minimum atomic E-state index is -2.52. The predicted octanol–water partition coefficient (Wildman–Crippen LogP) is 1.78. The number of aromatic amines is 1. The van der Waals surface area contributed by atoms with Crippen molar-refractivity contribution in [2.45, 2.75) is 19.4 Å². The Morgan fingerprint density at radius 1 is 1.27 bits per heavy atom. The zero-order valence-corrected chi connectivity index (χ0v) is 13.6. The van der Waals surface area contributed by atoms with Crippen LogP contribution in [0.1, 0.15) is 16.9 Å². The number of nitrogens with zero attached hydrogens (tertiary/aromatic N) is 3. The standard InChI is InChI=1S/C16H16F2N6O2/c17-13(18)9-24-8-10(7-20-24)21-14(25)5-6-19-16(26)15-11-3-1-2-4-12(11)22-23-15/h1-4,7-8,13H,5-6,9H2,(H,19,26)(H,21,25)(H,22,23). The second-order valence-electron chi connectivity index (χ2n) is 5.51. The van der Waals surface area contributed by atoms with Crippen molar-refractivity contribution >= 4 is 28.4 Å². The number of carbonyl (C=O) groups is 2. The summed E-state index contributed by atoms with van der Waals surface area (Å²) in [5.41, 5.74) is 1.32. The van der Waals surface area contributed by atoms with Gasteiger partial charge in [0.2, 0.25) is 5.91 Å². The molecule has 0 fully saturated rings. The molecule has 0 saturated carbocycles. The SMILES string of the molecule is O=C(CCNC(=O)c1n[nH]c2ccccc12)Nc1cnn(CC(F)F)c1. The number of benzene rings is 1. The molecule has 0 unspecified atom stereocenters. The summed E-state index contributed by atoms with van der Waals surface area (Å²) < 4.78 is 25.6. The zero-order chi connectivity index (χ0) is 18.5. The van der Waals surface area contributed by atoms with Gasteiger partial charge in [-0.3, -0.25) is 19.4 Å². The maximum absolute atomic E-state index is 12.3. The van der Waals surface area contributed by atoms with Crippen LogP contribution in [0.15, 0.2) is 36.7 Å². The Morgan fingerprint density at radius 2 is 2.08 bits per heavy atom. The van der Waals surface area contributed by atoms with Gasteiger partial charge in [0.05, 0.1) is 17.4 Å². The largest absolute Gasteiger partial charge is 0.350 e. The van der Waals surface area contributed by atoms with Crippen LogP contribution < -0.4 is 10.6 Å². The van der Waals surface area contributed by atoms with Gasteiger partial charge in [0, 0.05) is 24.5 Å². The maximum Gasteiger partial charge on any atom is 0.272 e. The number of H-pyrrole nitrogens is 1. The molecule has 0 spiro atoms. The molecule has 0 bridgehead atoms. The fraction of sp³-hybridized carbons (Fsp3) is 0.250. The Labute approximate surface area is 146 Å². The third kappa shape index (κ3) is 4.21. The predicted molar refractivity (Wildman–Crippen MR) is 89.9 cm³/mol. The van der Waals surface area contributed by atoms with Crippen molar-refractivity contribution in [2.75, 3.05) is 11.9 Å². The number of nitrogens with one attached hydrogen (secondary N) is 3. The summed E-state index contributed by atoms with van der Waals surface area (Å²) in [6.45, 7) is -0.430. The monoisotopic (exact) mass is 362 g/mol. The normalized spacial score (nSPS) is 11.0. The van der Waals surface area contributed by atoms with Crippen LogP contribution in [-0.2, 0) is 11.3 Å². The van der Waals surface area contributed by atoms with Crippen LogP contribution in [-0.4, -0.2) is 44.8 Å². The molecular formula is C16H16F2N6O2. The van der Waals surface area contributed by atoms with Gasteiger partial charge >= 0.3 is 0 Å². The highest BCUT2D eigenvalue weighted by Crippen LogP contribution is 2.14. The van der Waals surface area contributed by atoms with E-state index in [0.717, 1.165) is 10.2 Å². The number of para-hydroxylation sites is 1. The van der Waals surface area contributed by atoms with Gasteiger partial charge in [0.1, 0.15) is 6.54 Å². The van der Waals surface area contributed by atoms with Crippen molar-refractivity contribution in [3.8, 4) is 0 Å². The Kier molecular flexibility index (Phi) is 5.20. The smallest absolute Gasteiger partial charge is 0.272 e. The number of anilines is 1. The summed E-state index contributed by atoms with van der Waals surface area (Å²) in [5.74, 6) is -0.756. The van der Waals surface area contributed by atoms with Gasteiger partial charge in [-0.15, -0.1) is 0 Å². The molecule has 8 nitrogen and oxygen atoms in total. The van der Waals surface area contributed by atoms with E-state index in [-0.39, 0.29) is 30.5 Å². The lowest BCUT2D eigenvalue weighted by atomic mass is 10.2. The van der Waals surface area contributed by atoms with Crippen molar-refractivity contribution in [1.82, 2.24) is 25.3 Å². The van der Waals surface area contributed by atoms with E-state index in [4.69, 9.17) is 0 Å². The van der Waals surface area contributed by atoms with Gasteiger partial charge in [0.25, 0.3) is 12.3 Å². The number of hydrogen-bond donors (Lipinski definition) is 3. The van der Waals surface area contributed by atoms with Gasteiger partial charge in [-0.25, -0.2) is 8.78 Å². The molecule has 3 rings (SSSR count). The molecule has 1 aromatic carbocycles. The van der Waals surface area contributed by atoms with E-state index >= 15 is 0 Å². The fourth-order valence-corrected chi connectivity index (χ4v) is 2.40. The molecule has 26 heavy (non-hydrogen) atoms.